The largest absolute Gasteiger partial charge is 0.469 e. The highest BCUT2D eigenvalue weighted by molar-refractivity contribution is 5.70. The number of anilines is 2. The van der Waals surface area contributed by atoms with Crippen LogP contribution in [0.25, 0.3) is 0 Å². The molecule has 0 aromatic carbocycles. The number of methoxy groups -OCH3 is 1. The van der Waals surface area contributed by atoms with Crippen LogP contribution in [0.15, 0.2) is 12.4 Å². The molecule has 0 aliphatic carbocycles. The first-order valence-electron chi connectivity index (χ1n) is 6.28. The van der Waals surface area contributed by atoms with Crippen molar-refractivity contribution in [3.8, 4) is 0 Å². The van der Waals surface area contributed by atoms with Gasteiger partial charge in [-0.2, -0.15) is 0 Å². The standard InChI is InChI=1S/C13H22N4O2/c1-10(2)17(4)12-8-11(14-9-15-12)16(3)7-6-13(18)19-5/h8-10H,6-7H2,1-5H3. The predicted octanol–water partition coefficient (Wildman–Crippen LogP) is 1.32. The molecule has 0 radical (unpaired) electrons. The Kier molecular flexibility index (Phi) is 5.54. The minimum atomic E-state index is -0.222. The summed E-state index contributed by atoms with van der Waals surface area (Å²) in [6, 6.07) is 2.28. The SMILES string of the molecule is COC(=O)CCN(C)c1cc(N(C)C(C)C)ncn1. The monoisotopic (exact) mass is 266 g/mol. The van der Waals surface area contributed by atoms with E-state index in [0.717, 1.165) is 11.6 Å². The highest BCUT2D eigenvalue weighted by atomic mass is 16.5. The van der Waals surface area contributed by atoms with Crippen LogP contribution in [0.1, 0.15) is 20.3 Å². The number of carbonyl (C=O) groups excluding carboxylic acids is 1. The number of hydrogen-bond acceptors (Lipinski definition) is 6. The Hall–Kier alpha value is -1.85. The quantitative estimate of drug-likeness (QED) is 0.724. The minimum Gasteiger partial charge on any atom is -0.469 e. The van der Waals surface area contributed by atoms with Crippen LogP contribution in [0.3, 0.4) is 0 Å². The molecule has 1 aromatic heterocycles. The number of rotatable bonds is 6. The summed E-state index contributed by atoms with van der Waals surface area (Å²) < 4.78 is 4.62. The van der Waals surface area contributed by atoms with Crippen molar-refractivity contribution in [2.75, 3.05) is 37.5 Å². The van der Waals surface area contributed by atoms with Crippen LogP contribution in [0, 0.1) is 0 Å². The minimum absolute atomic E-state index is 0.222. The van der Waals surface area contributed by atoms with Crippen molar-refractivity contribution in [1.82, 2.24) is 9.97 Å². The Labute approximate surface area is 114 Å². The number of aromatic nitrogens is 2. The van der Waals surface area contributed by atoms with Crippen LogP contribution in [0.2, 0.25) is 0 Å². The Morgan fingerprint density at radius 1 is 1.32 bits per heavy atom. The lowest BCUT2D eigenvalue weighted by molar-refractivity contribution is -0.140. The van der Waals surface area contributed by atoms with Gasteiger partial charge in [0, 0.05) is 32.7 Å². The van der Waals surface area contributed by atoms with E-state index < -0.39 is 0 Å². The van der Waals surface area contributed by atoms with E-state index >= 15 is 0 Å². The summed E-state index contributed by atoms with van der Waals surface area (Å²) in [6.07, 6.45) is 1.88. The van der Waals surface area contributed by atoms with Crippen LogP contribution in [-0.4, -0.2) is 49.7 Å². The Morgan fingerprint density at radius 2 is 1.95 bits per heavy atom. The topological polar surface area (TPSA) is 58.6 Å². The van der Waals surface area contributed by atoms with E-state index in [1.165, 1.54) is 13.4 Å². The van der Waals surface area contributed by atoms with Gasteiger partial charge in [-0.1, -0.05) is 0 Å². The van der Waals surface area contributed by atoms with Crippen LogP contribution >= 0.6 is 0 Å². The van der Waals surface area contributed by atoms with E-state index in [1.807, 2.05) is 25.1 Å². The lowest BCUT2D eigenvalue weighted by Gasteiger charge is -2.24. The van der Waals surface area contributed by atoms with Gasteiger partial charge in [-0.05, 0) is 13.8 Å². The van der Waals surface area contributed by atoms with Gasteiger partial charge in [-0.25, -0.2) is 9.97 Å². The second-order valence-corrected chi connectivity index (χ2v) is 4.69. The molecule has 6 nitrogen and oxygen atoms in total. The van der Waals surface area contributed by atoms with E-state index in [1.54, 1.807) is 0 Å². The fraction of sp³-hybridized carbons (Fsp3) is 0.615. The second-order valence-electron chi connectivity index (χ2n) is 4.69. The first-order chi connectivity index (χ1) is 8.95. The van der Waals surface area contributed by atoms with E-state index in [-0.39, 0.29) is 5.97 Å². The third-order valence-electron chi connectivity index (χ3n) is 3.04. The third-order valence-corrected chi connectivity index (χ3v) is 3.04. The molecule has 0 saturated heterocycles. The van der Waals surface area contributed by atoms with Crippen molar-refractivity contribution in [2.45, 2.75) is 26.3 Å². The zero-order valence-electron chi connectivity index (χ0n) is 12.3. The molecule has 0 spiro atoms. The molecule has 106 valence electrons. The number of carbonyl (C=O) groups is 1. The third kappa shape index (κ3) is 4.39. The van der Waals surface area contributed by atoms with Crippen molar-refractivity contribution in [2.24, 2.45) is 0 Å². The molecule has 0 unspecified atom stereocenters. The van der Waals surface area contributed by atoms with Crippen molar-refractivity contribution in [3.63, 3.8) is 0 Å². The zero-order chi connectivity index (χ0) is 14.4. The highest BCUT2D eigenvalue weighted by Crippen LogP contribution is 2.17. The van der Waals surface area contributed by atoms with E-state index in [2.05, 4.69) is 33.5 Å². The van der Waals surface area contributed by atoms with Crippen LogP contribution in [0.4, 0.5) is 11.6 Å². The average Bonchev–Trinajstić information content (AvgIpc) is 2.43. The fourth-order valence-corrected chi connectivity index (χ4v) is 1.48. The molecular weight excluding hydrogens is 244 g/mol. The molecule has 1 aromatic rings. The lowest BCUT2D eigenvalue weighted by atomic mass is 10.3. The molecule has 1 heterocycles. The van der Waals surface area contributed by atoms with Crippen molar-refractivity contribution in [3.05, 3.63) is 12.4 Å². The molecule has 0 aliphatic rings. The van der Waals surface area contributed by atoms with Gasteiger partial charge in [-0.15, -0.1) is 0 Å². The zero-order valence-corrected chi connectivity index (χ0v) is 12.3. The highest BCUT2D eigenvalue weighted by Gasteiger charge is 2.11. The Balaban J connectivity index is 2.73. The molecule has 0 fully saturated rings. The van der Waals surface area contributed by atoms with Gasteiger partial charge in [0.25, 0.3) is 0 Å². The van der Waals surface area contributed by atoms with Crippen molar-refractivity contribution in [1.29, 1.82) is 0 Å². The maximum absolute atomic E-state index is 11.1. The Morgan fingerprint density at radius 3 is 2.53 bits per heavy atom. The first-order valence-corrected chi connectivity index (χ1v) is 6.28. The summed E-state index contributed by atoms with van der Waals surface area (Å²) in [5, 5.41) is 0. The maximum Gasteiger partial charge on any atom is 0.307 e. The smallest absolute Gasteiger partial charge is 0.307 e. The van der Waals surface area contributed by atoms with E-state index in [0.29, 0.717) is 19.0 Å². The van der Waals surface area contributed by atoms with Crippen LogP contribution in [0.5, 0.6) is 0 Å². The molecule has 6 heteroatoms. The van der Waals surface area contributed by atoms with Gasteiger partial charge >= 0.3 is 5.97 Å². The predicted molar refractivity (Wildman–Crippen MR) is 75.5 cm³/mol. The van der Waals surface area contributed by atoms with Gasteiger partial charge in [0.15, 0.2) is 0 Å². The lowest BCUT2D eigenvalue weighted by Crippen LogP contribution is -2.28. The number of hydrogen-bond donors (Lipinski definition) is 0. The van der Waals surface area contributed by atoms with Crippen LogP contribution in [-0.2, 0) is 9.53 Å². The first kappa shape index (κ1) is 15.2. The molecule has 0 saturated carbocycles. The summed E-state index contributed by atoms with van der Waals surface area (Å²) in [5.41, 5.74) is 0. The number of ether oxygens (including phenoxy) is 1. The molecule has 0 N–H and O–H groups in total. The molecule has 19 heavy (non-hydrogen) atoms. The summed E-state index contributed by atoms with van der Waals surface area (Å²) >= 11 is 0. The maximum atomic E-state index is 11.1. The average molecular weight is 266 g/mol. The van der Waals surface area contributed by atoms with Gasteiger partial charge in [0.1, 0.15) is 18.0 Å². The summed E-state index contributed by atoms with van der Waals surface area (Å²) in [5.74, 6) is 1.44. The van der Waals surface area contributed by atoms with Gasteiger partial charge in [0.05, 0.1) is 13.5 Å². The summed E-state index contributed by atoms with van der Waals surface area (Å²) in [4.78, 5) is 23.6. The summed E-state index contributed by atoms with van der Waals surface area (Å²) in [7, 11) is 5.28. The van der Waals surface area contributed by atoms with Gasteiger partial charge in [-0.3, -0.25) is 4.79 Å². The van der Waals surface area contributed by atoms with Gasteiger partial charge in [0.2, 0.25) is 0 Å². The number of nitrogens with zero attached hydrogens (tertiary/aromatic N) is 4. The molecular formula is C13H22N4O2. The van der Waals surface area contributed by atoms with E-state index in [9.17, 15) is 4.79 Å². The van der Waals surface area contributed by atoms with Crippen LogP contribution < -0.4 is 9.80 Å². The Bertz CT molecular complexity index is 423. The fourth-order valence-electron chi connectivity index (χ4n) is 1.48. The normalized spacial score (nSPS) is 10.4. The van der Waals surface area contributed by atoms with Gasteiger partial charge < -0.3 is 14.5 Å². The molecule has 1 rings (SSSR count). The van der Waals surface area contributed by atoms with Crippen molar-refractivity contribution < 1.29 is 9.53 Å². The second kappa shape index (κ2) is 6.92. The summed E-state index contributed by atoms with van der Waals surface area (Å²) in [6.45, 7) is 4.76. The van der Waals surface area contributed by atoms with E-state index in [4.69, 9.17) is 0 Å². The molecule has 0 aliphatic heterocycles. The molecule has 0 atom stereocenters. The molecule has 0 amide bonds. The van der Waals surface area contributed by atoms with Crippen molar-refractivity contribution >= 4 is 17.6 Å². The molecule has 0 bridgehead atoms. The number of esters is 1.